The molecule has 0 aromatic rings. The molecule has 1 heteroatoms. The van der Waals surface area contributed by atoms with Crippen LogP contribution in [0.25, 0.3) is 0 Å². The second kappa shape index (κ2) is 1.59. The molecule has 0 bridgehead atoms. The van der Waals surface area contributed by atoms with E-state index in [0.717, 1.165) is 13.0 Å². The molecule has 0 aromatic heterocycles. The topological polar surface area (TPSA) is 9.23 Å². The lowest BCUT2D eigenvalue weighted by Crippen LogP contribution is -2.15. The highest BCUT2D eigenvalue weighted by Crippen LogP contribution is 2.26. The first-order valence-electron chi connectivity index (χ1n) is 2.91. The van der Waals surface area contributed by atoms with Crippen LogP contribution in [0.1, 0.15) is 20.3 Å². The minimum absolute atomic E-state index is 0.0666. The fourth-order valence-electron chi connectivity index (χ4n) is 1.00. The predicted molar refractivity (Wildman–Crippen MR) is 33.8 cm³/mol. The van der Waals surface area contributed by atoms with Gasteiger partial charge in [-0.1, -0.05) is 6.58 Å². The molecule has 0 amide bonds. The van der Waals surface area contributed by atoms with Gasteiger partial charge in [0.1, 0.15) is 0 Å². The normalized spacial score (nSPS) is 26.5. The molecule has 8 heavy (non-hydrogen) atoms. The van der Waals surface area contributed by atoms with E-state index in [0.29, 0.717) is 0 Å². The van der Waals surface area contributed by atoms with Gasteiger partial charge in [-0.3, -0.25) is 0 Å². The lowest BCUT2D eigenvalue weighted by Gasteiger charge is -2.13. The SMILES string of the molecule is C=C1COC(C)(C)C1. The maximum Gasteiger partial charge on any atom is 0.0682 e. The van der Waals surface area contributed by atoms with Crippen LogP contribution in [0.2, 0.25) is 0 Å². The van der Waals surface area contributed by atoms with Crippen LogP contribution in [0.4, 0.5) is 0 Å². The van der Waals surface area contributed by atoms with E-state index in [2.05, 4.69) is 20.4 Å². The average molecular weight is 112 g/mol. The Balaban J connectivity index is 2.56. The molecule has 0 unspecified atom stereocenters. The quantitative estimate of drug-likeness (QED) is 0.434. The van der Waals surface area contributed by atoms with E-state index in [1.165, 1.54) is 5.57 Å². The summed E-state index contributed by atoms with van der Waals surface area (Å²) in [6, 6.07) is 0. The van der Waals surface area contributed by atoms with Gasteiger partial charge in [0.2, 0.25) is 0 Å². The first kappa shape index (κ1) is 5.83. The largest absolute Gasteiger partial charge is 0.371 e. The van der Waals surface area contributed by atoms with Crippen molar-refractivity contribution in [2.45, 2.75) is 25.9 Å². The standard InChI is InChI=1S/C7H12O/c1-6-4-7(2,3)8-5-6/h1,4-5H2,2-3H3. The molecule has 0 atom stereocenters. The van der Waals surface area contributed by atoms with Gasteiger partial charge in [0, 0.05) is 0 Å². The number of ether oxygens (including phenoxy) is 1. The Hall–Kier alpha value is -0.300. The third kappa shape index (κ3) is 1.10. The maximum atomic E-state index is 5.35. The molecule has 0 aliphatic carbocycles. The zero-order valence-corrected chi connectivity index (χ0v) is 5.53. The molecular formula is C7H12O. The summed E-state index contributed by atoms with van der Waals surface area (Å²) in [5.74, 6) is 0. The van der Waals surface area contributed by atoms with Gasteiger partial charge in [0.05, 0.1) is 12.2 Å². The van der Waals surface area contributed by atoms with Crippen molar-refractivity contribution >= 4 is 0 Å². The summed E-state index contributed by atoms with van der Waals surface area (Å²) in [5, 5.41) is 0. The van der Waals surface area contributed by atoms with Crippen molar-refractivity contribution in [2.75, 3.05) is 6.61 Å². The van der Waals surface area contributed by atoms with Gasteiger partial charge in [-0.2, -0.15) is 0 Å². The molecule has 1 heterocycles. The van der Waals surface area contributed by atoms with Crippen LogP contribution in [0.3, 0.4) is 0 Å². The molecule has 0 radical (unpaired) electrons. The van der Waals surface area contributed by atoms with Crippen LogP contribution >= 0.6 is 0 Å². The van der Waals surface area contributed by atoms with E-state index in [9.17, 15) is 0 Å². The first-order chi connectivity index (χ1) is 3.60. The molecule has 1 rings (SSSR count). The van der Waals surface area contributed by atoms with Crippen molar-refractivity contribution < 1.29 is 4.74 Å². The summed E-state index contributed by atoms with van der Waals surface area (Å²) in [6.45, 7) is 8.76. The molecule has 0 N–H and O–H groups in total. The van der Waals surface area contributed by atoms with Crippen molar-refractivity contribution in [3.63, 3.8) is 0 Å². The second-order valence-electron chi connectivity index (χ2n) is 2.98. The predicted octanol–water partition coefficient (Wildman–Crippen LogP) is 1.74. The van der Waals surface area contributed by atoms with E-state index < -0.39 is 0 Å². The second-order valence-corrected chi connectivity index (χ2v) is 2.98. The van der Waals surface area contributed by atoms with Crippen LogP contribution in [0.15, 0.2) is 12.2 Å². The van der Waals surface area contributed by atoms with Crippen LogP contribution in [-0.2, 0) is 4.74 Å². The highest BCUT2D eigenvalue weighted by Gasteiger charge is 2.25. The van der Waals surface area contributed by atoms with E-state index in [1.807, 2.05) is 0 Å². The Morgan fingerprint density at radius 2 is 2.25 bits per heavy atom. The Morgan fingerprint density at radius 3 is 2.38 bits per heavy atom. The van der Waals surface area contributed by atoms with Gasteiger partial charge >= 0.3 is 0 Å². The minimum Gasteiger partial charge on any atom is -0.371 e. The molecular weight excluding hydrogens is 100 g/mol. The molecule has 1 aliphatic heterocycles. The number of hydrogen-bond acceptors (Lipinski definition) is 1. The molecule has 1 fully saturated rings. The summed E-state index contributed by atoms with van der Waals surface area (Å²) in [7, 11) is 0. The van der Waals surface area contributed by atoms with Crippen LogP contribution in [0, 0.1) is 0 Å². The highest BCUT2D eigenvalue weighted by atomic mass is 16.5. The van der Waals surface area contributed by atoms with E-state index in [-0.39, 0.29) is 5.60 Å². The molecule has 1 nitrogen and oxygen atoms in total. The Labute approximate surface area is 50.3 Å². The lowest BCUT2D eigenvalue weighted by molar-refractivity contribution is 0.0377. The van der Waals surface area contributed by atoms with Gasteiger partial charge < -0.3 is 4.74 Å². The van der Waals surface area contributed by atoms with E-state index in [4.69, 9.17) is 4.74 Å². The van der Waals surface area contributed by atoms with Crippen molar-refractivity contribution in [1.82, 2.24) is 0 Å². The molecule has 1 saturated heterocycles. The summed E-state index contributed by atoms with van der Waals surface area (Å²) >= 11 is 0. The molecule has 0 aromatic carbocycles. The third-order valence-electron chi connectivity index (χ3n) is 1.34. The van der Waals surface area contributed by atoms with E-state index >= 15 is 0 Å². The van der Waals surface area contributed by atoms with Gasteiger partial charge in [0.15, 0.2) is 0 Å². The van der Waals surface area contributed by atoms with Crippen LogP contribution < -0.4 is 0 Å². The average Bonchev–Trinajstić information content (AvgIpc) is 1.82. The van der Waals surface area contributed by atoms with Crippen molar-refractivity contribution in [3.05, 3.63) is 12.2 Å². The Kier molecular flexibility index (Phi) is 1.16. The van der Waals surface area contributed by atoms with Gasteiger partial charge in [-0.15, -0.1) is 0 Å². The molecule has 0 saturated carbocycles. The third-order valence-corrected chi connectivity index (χ3v) is 1.34. The Bertz CT molecular complexity index is 114. The highest BCUT2D eigenvalue weighted by molar-refractivity contribution is 5.05. The summed E-state index contributed by atoms with van der Waals surface area (Å²) in [5.41, 5.74) is 1.28. The molecule has 46 valence electrons. The number of rotatable bonds is 0. The summed E-state index contributed by atoms with van der Waals surface area (Å²) in [4.78, 5) is 0. The zero-order chi connectivity index (χ0) is 6.20. The summed E-state index contributed by atoms with van der Waals surface area (Å²) < 4.78 is 5.35. The van der Waals surface area contributed by atoms with Crippen LogP contribution in [-0.4, -0.2) is 12.2 Å². The molecule has 0 spiro atoms. The van der Waals surface area contributed by atoms with Crippen molar-refractivity contribution in [3.8, 4) is 0 Å². The van der Waals surface area contributed by atoms with Gasteiger partial charge in [0.25, 0.3) is 0 Å². The molecule has 1 aliphatic rings. The van der Waals surface area contributed by atoms with Gasteiger partial charge in [-0.25, -0.2) is 0 Å². The smallest absolute Gasteiger partial charge is 0.0682 e. The van der Waals surface area contributed by atoms with Gasteiger partial charge in [-0.05, 0) is 25.8 Å². The first-order valence-corrected chi connectivity index (χ1v) is 2.91. The van der Waals surface area contributed by atoms with Crippen LogP contribution in [0.5, 0.6) is 0 Å². The van der Waals surface area contributed by atoms with E-state index in [1.54, 1.807) is 0 Å². The minimum atomic E-state index is 0.0666. The maximum absolute atomic E-state index is 5.35. The monoisotopic (exact) mass is 112 g/mol. The van der Waals surface area contributed by atoms with Crippen molar-refractivity contribution in [2.24, 2.45) is 0 Å². The number of hydrogen-bond donors (Lipinski definition) is 0. The summed E-state index contributed by atoms with van der Waals surface area (Å²) in [6.07, 6.45) is 1.02. The fraction of sp³-hybridized carbons (Fsp3) is 0.714. The fourth-order valence-corrected chi connectivity index (χ4v) is 1.00. The zero-order valence-electron chi connectivity index (χ0n) is 5.53. The lowest BCUT2D eigenvalue weighted by atomic mass is 10.0. The van der Waals surface area contributed by atoms with Crippen molar-refractivity contribution in [1.29, 1.82) is 0 Å². The Morgan fingerprint density at radius 1 is 1.62 bits per heavy atom.